The van der Waals surface area contributed by atoms with E-state index < -0.39 is 0 Å². The molecular formula is C21H36O3. The van der Waals surface area contributed by atoms with E-state index in [0.717, 1.165) is 30.6 Å². The van der Waals surface area contributed by atoms with Crippen LogP contribution in [-0.4, -0.2) is 37.6 Å². The van der Waals surface area contributed by atoms with Crippen LogP contribution in [0.15, 0.2) is 0 Å². The lowest BCUT2D eigenvalue weighted by atomic mass is 9.45. The maximum absolute atomic E-state index is 10.4. The predicted octanol–water partition coefficient (Wildman–Crippen LogP) is 4.03. The van der Waals surface area contributed by atoms with Gasteiger partial charge in [0.1, 0.15) is 0 Å². The molecule has 0 aromatic rings. The van der Waals surface area contributed by atoms with Gasteiger partial charge in [0.15, 0.2) is 0 Å². The molecule has 4 rings (SSSR count). The third-order valence-corrected chi connectivity index (χ3v) is 9.16. The van der Waals surface area contributed by atoms with Crippen molar-refractivity contribution in [1.82, 2.24) is 0 Å². The smallest absolute Gasteiger partial charge is 0.0835 e. The Hall–Kier alpha value is -0.120. The lowest BCUT2D eigenvalue weighted by molar-refractivity contribution is -0.170. The van der Waals surface area contributed by atoms with Gasteiger partial charge in [-0.2, -0.15) is 0 Å². The Balaban J connectivity index is 1.61. The molecular weight excluding hydrogens is 300 g/mol. The Morgan fingerprint density at radius 1 is 0.875 bits per heavy atom. The highest BCUT2D eigenvalue weighted by molar-refractivity contribution is 5.10. The van der Waals surface area contributed by atoms with Gasteiger partial charge in [0.05, 0.1) is 18.3 Å². The highest BCUT2D eigenvalue weighted by Crippen LogP contribution is 2.66. The zero-order valence-corrected chi connectivity index (χ0v) is 16.0. The predicted molar refractivity (Wildman–Crippen MR) is 94.7 cm³/mol. The topological polar surface area (TPSA) is 38.7 Å². The van der Waals surface area contributed by atoms with Gasteiger partial charge in [0.2, 0.25) is 0 Å². The summed E-state index contributed by atoms with van der Waals surface area (Å²) in [5.74, 6) is 3.20. The summed E-state index contributed by atoms with van der Waals surface area (Å²) in [6.07, 6.45) is 10.2. The molecule has 1 N–H and O–H groups in total. The fourth-order valence-electron chi connectivity index (χ4n) is 7.83. The fourth-order valence-corrected chi connectivity index (χ4v) is 7.83. The highest BCUT2D eigenvalue weighted by atomic mass is 16.5. The Morgan fingerprint density at radius 3 is 2.33 bits per heavy atom. The van der Waals surface area contributed by atoms with Gasteiger partial charge in [0.25, 0.3) is 0 Å². The third kappa shape index (κ3) is 2.27. The van der Waals surface area contributed by atoms with Gasteiger partial charge in [-0.05, 0) is 85.9 Å². The molecule has 0 aliphatic heterocycles. The first-order valence-corrected chi connectivity index (χ1v) is 10.2. The van der Waals surface area contributed by atoms with Crippen molar-refractivity contribution in [2.45, 2.75) is 83.5 Å². The first-order valence-electron chi connectivity index (χ1n) is 10.2. The number of rotatable bonds is 2. The summed E-state index contributed by atoms with van der Waals surface area (Å²) in [6, 6.07) is 0. The summed E-state index contributed by atoms with van der Waals surface area (Å²) < 4.78 is 11.6. The second-order valence-electron chi connectivity index (χ2n) is 9.78. The normalized spacial score (nSPS) is 57.1. The van der Waals surface area contributed by atoms with E-state index >= 15 is 0 Å². The van der Waals surface area contributed by atoms with Gasteiger partial charge in [-0.1, -0.05) is 13.8 Å². The van der Waals surface area contributed by atoms with E-state index in [9.17, 15) is 5.11 Å². The third-order valence-electron chi connectivity index (χ3n) is 9.16. The second-order valence-corrected chi connectivity index (χ2v) is 9.78. The Bertz CT molecular complexity index is 480. The Morgan fingerprint density at radius 2 is 1.62 bits per heavy atom. The Kier molecular flexibility index (Phi) is 4.29. The second kappa shape index (κ2) is 5.96. The number of fused-ring (bicyclic) bond motifs is 5. The molecule has 24 heavy (non-hydrogen) atoms. The quantitative estimate of drug-likeness (QED) is 0.827. The molecule has 3 heteroatoms. The zero-order valence-electron chi connectivity index (χ0n) is 16.0. The molecule has 4 saturated carbocycles. The van der Waals surface area contributed by atoms with Gasteiger partial charge >= 0.3 is 0 Å². The average Bonchev–Trinajstić information content (AvgIpc) is 2.91. The number of aliphatic hydroxyl groups excluding tert-OH is 1. The van der Waals surface area contributed by atoms with E-state index in [1.807, 2.05) is 7.11 Å². The number of hydrogen-bond donors (Lipinski definition) is 1. The zero-order chi connectivity index (χ0) is 17.1. The average molecular weight is 337 g/mol. The molecule has 0 bridgehead atoms. The van der Waals surface area contributed by atoms with Crippen molar-refractivity contribution in [1.29, 1.82) is 0 Å². The van der Waals surface area contributed by atoms with E-state index in [-0.39, 0.29) is 12.2 Å². The number of hydrogen-bond acceptors (Lipinski definition) is 3. The van der Waals surface area contributed by atoms with Crippen molar-refractivity contribution >= 4 is 0 Å². The van der Waals surface area contributed by atoms with E-state index in [2.05, 4.69) is 13.8 Å². The first-order chi connectivity index (χ1) is 11.4. The molecule has 4 aliphatic rings. The first kappa shape index (κ1) is 17.3. The molecule has 0 aromatic carbocycles. The summed E-state index contributed by atoms with van der Waals surface area (Å²) in [7, 11) is 3.68. The molecule has 3 nitrogen and oxygen atoms in total. The standard InChI is InChI=1S/C21H36O3/c1-20-10-9-16-14(15(20)7-8-19(20)24-4)6-5-13-11-17(22)18(23-3)12-21(13,16)2/h13-19,22H,5-12H2,1-4H3/t13-,14-,15-,16-,17-,18-,19-,20-,21-/m0/s1. The van der Waals surface area contributed by atoms with E-state index in [1.165, 1.54) is 38.5 Å². The lowest BCUT2D eigenvalue weighted by Gasteiger charge is -2.61. The van der Waals surface area contributed by atoms with Crippen LogP contribution in [0.2, 0.25) is 0 Å². The monoisotopic (exact) mass is 336 g/mol. The van der Waals surface area contributed by atoms with Crippen molar-refractivity contribution < 1.29 is 14.6 Å². The molecule has 0 radical (unpaired) electrons. The minimum absolute atomic E-state index is 0.0358. The highest BCUT2D eigenvalue weighted by Gasteiger charge is 2.61. The van der Waals surface area contributed by atoms with Gasteiger partial charge in [0, 0.05) is 14.2 Å². The summed E-state index contributed by atoms with van der Waals surface area (Å²) in [5.41, 5.74) is 0.753. The molecule has 4 aliphatic carbocycles. The van der Waals surface area contributed by atoms with Crippen LogP contribution >= 0.6 is 0 Å². The molecule has 0 heterocycles. The van der Waals surface area contributed by atoms with E-state index in [4.69, 9.17) is 9.47 Å². The number of ether oxygens (including phenoxy) is 2. The van der Waals surface area contributed by atoms with Crippen LogP contribution in [-0.2, 0) is 9.47 Å². The van der Waals surface area contributed by atoms with Crippen molar-refractivity contribution in [3.63, 3.8) is 0 Å². The van der Waals surface area contributed by atoms with Crippen molar-refractivity contribution in [3.05, 3.63) is 0 Å². The Labute approximate surface area is 147 Å². The molecule has 0 unspecified atom stereocenters. The molecule has 0 saturated heterocycles. The fraction of sp³-hybridized carbons (Fsp3) is 1.00. The van der Waals surface area contributed by atoms with Crippen molar-refractivity contribution in [2.24, 2.45) is 34.5 Å². The molecule has 0 spiro atoms. The lowest BCUT2D eigenvalue weighted by Crippen LogP contribution is -2.57. The van der Waals surface area contributed by atoms with Crippen LogP contribution in [0.1, 0.15) is 65.2 Å². The van der Waals surface area contributed by atoms with Gasteiger partial charge in [-0.25, -0.2) is 0 Å². The van der Waals surface area contributed by atoms with Crippen LogP contribution in [0.4, 0.5) is 0 Å². The van der Waals surface area contributed by atoms with Gasteiger partial charge in [-0.15, -0.1) is 0 Å². The summed E-state index contributed by atoms with van der Waals surface area (Å²) >= 11 is 0. The molecule has 4 fully saturated rings. The van der Waals surface area contributed by atoms with Gasteiger partial charge < -0.3 is 14.6 Å². The molecule has 0 aromatic heterocycles. The maximum atomic E-state index is 10.4. The van der Waals surface area contributed by atoms with E-state index in [1.54, 1.807) is 7.11 Å². The SMILES string of the molecule is CO[C@H]1C[C@@]2(C)[C@@H](CC[C@@H]3[C@@H]2CC[C@]2(C)[C@@H](OC)CC[C@@H]32)C[C@@H]1O. The number of aliphatic hydroxyl groups is 1. The van der Waals surface area contributed by atoms with Crippen molar-refractivity contribution in [2.75, 3.05) is 14.2 Å². The van der Waals surface area contributed by atoms with Crippen LogP contribution in [0.25, 0.3) is 0 Å². The maximum Gasteiger partial charge on any atom is 0.0835 e. The number of methoxy groups -OCH3 is 2. The summed E-state index contributed by atoms with van der Waals surface area (Å²) in [6.45, 7) is 5.03. The molecule has 0 amide bonds. The van der Waals surface area contributed by atoms with Crippen LogP contribution in [0.3, 0.4) is 0 Å². The van der Waals surface area contributed by atoms with E-state index in [0.29, 0.717) is 22.9 Å². The van der Waals surface area contributed by atoms with Crippen LogP contribution in [0, 0.1) is 34.5 Å². The summed E-state index contributed by atoms with van der Waals surface area (Å²) in [4.78, 5) is 0. The molecule has 9 atom stereocenters. The van der Waals surface area contributed by atoms with Crippen LogP contribution in [0.5, 0.6) is 0 Å². The summed E-state index contributed by atoms with van der Waals surface area (Å²) in [5, 5.41) is 10.4. The van der Waals surface area contributed by atoms with Crippen molar-refractivity contribution in [3.8, 4) is 0 Å². The van der Waals surface area contributed by atoms with Crippen LogP contribution < -0.4 is 0 Å². The van der Waals surface area contributed by atoms with Gasteiger partial charge in [-0.3, -0.25) is 0 Å². The molecule has 138 valence electrons. The minimum Gasteiger partial charge on any atom is -0.390 e. The minimum atomic E-state index is -0.261. The largest absolute Gasteiger partial charge is 0.390 e.